The van der Waals surface area contributed by atoms with Crippen molar-refractivity contribution >= 4 is 46.6 Å². The number of piperazine rings is 1. The van der Waals surface area contributed by atoms with Crippen LogP contribution in [-0.2, 0) is 11.2 Å². The number of nitrogens with zero attached hydrogens (tertiary/aromatic N) is 5. The molecule has 0 saturated carbocycles. The summed E-state index contributed by atoms with van der Waals surface area (Å²) in [7, 11) is 0. The molecule has 28 heavy (non-hydrogen) atoms. The molecule has 1 aromatic rings. The molecule has 3 rings (SSSR count). The van der Waals surface area contributed by atoms with Gasteiger partial charge in [0.05, 0.1) is 13.2 Å². The van der Waals surface area contributed by atoms with Crippen molar-refractivity contribution in [3.63, 3.8) is 0 Å². The number of aromatic nitrogens is 2. The number of aryl methyl sites for hydroxylation is 1. The smallest absolute Gasteiger partial charge is 0.205 e. The van der Waals surface area contributed by atoms with Crippen LogP contribution in [0.15, 0.2) is 4.99 Å². The van der Waals surface area contributed by atoms with Crippen LogP contribution in [0.5, 0.6) is 0 Å². The van der Waals surface area contributed by atoms with Crippen molar-refractivity contribution in [3.05, 3.63) is 5.82 Å². The van der Waals surface area contributed by atoms with Crippen molar-refractivity contribution in [1.29, 1.82) is 0 Å². The number of ether oxygens (including phenoxy) is 1. The summed E-state index contributed by atoms with van der Waals surface area (Å²) in [6.07, 6.45) is 2.62. The van der Waals surface area contributed by atoms with E-state index in [0.717, 1.165) is 68.9 Å². The maximum absolute atomic E-state index is 9.90. The normalized spacial score (nSPS) is 20.0. The highest BCUT2D eigenvalue weighted by molar-refractivity contribution is 14.0. The number of guanidine groups is 1. The Morgan fingerprint density at radius 1 is 1.25 bits per heavy atom. The third-order valence-electron chi connectivity index (χ3n) is 5.41. The lowest BCUT2D eigenvalue weighted by Crippen LogP contribution is -2.53. The Morgan fingerprint density at radius 2 is 1.96 bits per heavy atom. The highest BCUT2D eigenvalue weighted by atomic mass is 127. The van der Waals surface area contributed by atoms with Gasteiger partial charge < -0.3 is 25.0 Å². The van der Waals surface area contributed by atoms with Crippen LogP contribution in [0.4, 0.5) is 5.13 Å². The van der Waals surface area contributed by atoms with Gasteiger partial charge in [-0.05, 0) is 19.8 Å². The van der Waals surface area contributed by atoms with Gasteiger partial charge in [0, 0.05) is 69.3 Å². The first-order valence-corrected chi connectivity index (χ1v) is 10.8. The number of halogens is 1. The third-order valence-corrected chi connectivity index (χ3v) is 6.23. The minimum atomic E-state index is -0.135. The number of aliphatic hydroxyl groups is 1. The first-order chi connectivity index (χ1) is 13.2. The van der Waals surface area contributed by atoms with Crippen molar-refractivity contribution in [2.75, 3.05) is 64.0 Å². The second kappa shape index (κ2) is 11.5. The molecule has 160 valence electrons. The Balaban J connectivity index is 0.00000280. The molecule has 2 fully saturated rings. The van der Waals surface area contributed by atoms with Crippen LogP contribution < -0.4 is 10.2 Å². The minimum absolute atomic E-state index is 0. The van der Waals surface area contributed by atoms with Crippen LogP contribution in [0.2, 0.25) is 0 Å². The topological polar surface area (TPSA) is 86.1 Å². The molecule has 8 nitrogen and oxygen atoms in total. The predicted molar refractivity (Wildman–Crippen MR) is 124 cm³/mol. The van der Waals surface area contributed by atoms with Gasteiger partial charge in [0.25, 0.3) is 0 Å². The van der Waals surface area contributed by atoms with Crippen LogP contribution in [0, 0.1) is 5.41 Å². The van der Waals surface area contributed by atoms with E-state index >= 15 is 0 Å². The third kappa shape index (κ3) is 5.90. The summed E-state index contributed by atoms with van der Waals surface area (Å²) in [6.45, 7) is 10.9. The SMILES string of the molecule is CCNC(=NCC1(CO)CCOCC1)N1CCN(c2nc(CC)ns2)CC1.I. The van der Waals surface area contributed by atoms with Crippen LogP contribution in [-0.4, -0.2) is 84.4 Å². The molecular weight excluding hydrogens is 491 g/mol. The van der Waals surface area contributed by atoms with E-state index in [1.54, 1.807) is 0 Å². The van der Waals surface area contributed by atoms with E-state index in [4.69, 9.17) is 9.73 Å². The van der Waals surface area contributed by atoms with E-state index in [0.29, 0.717) is 19.8 Å². The van der Waals surface area contributed by atoms with Crippen molar-refractivity contribution in [2.24, 2.45) is 10.4 Å². The maximum Gasteiger partial charge on any atom is 0.205 e. The second-order valence-electron chi connectivity index (χ2n) is 7.26. The lowest BCUT2D eigenvalue weighted by atomic mass is 9.81. The van der Waals surface area contributed by atoms with Gasteiger partial charge in [-0.2, -0.15) is 4.37 Å². The molecule has 2 aliphatic heterocycles. The molecule has 0 radical (unpaired) electrons. The largest absolute Gasteiger partial charge is 0.396 e. The fraction of sp³-hybridized carbons (Fsp3) is 0.833. The Kier molecular flexibility index (Phi) is 9.64. The molecule has 3 heterocycles. The van der Waals surface area contributed by atoms with Gasteiger partial charge >= 0.3 is 0 Å². The first-order valence-electron chi connectivity index (χ1n) is 9.99. The molecule has 0 aromatic carbocycles. The van der Waals surface area contributed by atoms with Crippen LogP contribution in [0.3, 0.4) is 0 Å². The molecule has 2 aliphatic rings. The Labute approximate surface area is 188 Å². The lowest BCUT2D eigenvalue weighted by molar-refractivity contribution is -0.0107. The quantitative estimate of drug-likeness (QED) is 0.332. The number of anilines is 1. The van der Waals surface area contributed by atoms with Crippen LogP contribution >= 0.6 is 35.5 Å². The van der Waals surface area contributed by atoms with Gasteiger partial charge in [0.1, 0.15) is 5.82 Å². The number of hydrogen-bond acceptors (Lipinski definition) is 7. The summed E-state index contributed by atoms with van der Waals surface area (Å²) in [4.78, 5) is 14.1. The van der Waals surface area contributed by atoms with E-state index in [1.165, 1.54) is 11.5 Å². The molecule has 0 amide bonds. The molecule has 0 spiro atoms. The number of hydrogen-bond donors (Lipinski definition) is 2. The number of aliphatic imine (C=N–C) groups is 1. The molecule has 1 aromatic heterocycles. The van der Waals surface area contributed by atoms with E-state index < -0.39 is 0 Å². The van der Waals surface area contributed by atoms with Gasteiger partial charge in [0.15, 0.2) is 5.96 Å². The fourth-order valence-corrected chi connectivity index (χ4v) is 4.27. The summed E-state index contributed by atoms with van der Waals surface area (Å²) in [5.74, 6) is 1.88. The molecule has 0 unspecified atom stereocenters. The molecule has 0 aliphatic carbocycles. The summed E-state index contributed by atoms with van der Waals surface area (Å²) >= 11 is 1.49. The number of nitrogens with one attached hydrogen (secondary N) is 1. The molecule has 10 heteroatoms. The van der Waals surface area contributed by atoms with Crippen molar-refractivity contribution in [1.82, 2.24) is 19.6 Å². The average molecular weight is 524 g/mol. The maximum atomic E-state index is 9.90. The second-order valence-corrected chi connectivity index (χ2v) is 7.99. The standard InChI is InChI=1S/C18H32N6O2S.HI/c1-3-15-21-17(27-22-15)24-9-7-23(8-10-24)16(19-4-2)20-13-18(14-25)5-11-26-12-6-18;/h25H,3-14H2,1-2H3,(H,19,20);1H. The molecule has 0 atom stereocenters. The van der Waals surface area contributed by atoms with Crippen molar-refractivity contribution < 1.29 is 9.84 Å². The summed E-state index contributed by atoms with van der Waals surface area (Å²) in [5, 5.41) is 14.3. The van der Waals surface area contributed by atoms with Gasteiger partial charge in [-0.25, -0.2) is 4.98 Å². The zero-order valence-corrected chi connectivity index (χ0v) is 20.0. The van der Waals surface area contributed by atoms with Gasteiger partial charge in [0.2, 0.25) is 5.13 Å². The Morgan fingerprint density at radius 3 is 2.54 bits per heavy atom. The average Bonchev–Trinajstić information content (AvgIpc) is 3.21. The van der Waals surface area contributed by atoms with Crippen molar-refractivity contribution in [3.8, 4) is 0 Å². The van der Waals surface area contributed by atoms with Crippen LogP contribution in [0.25, 0.3) is 0 Å². The summed E-state index contributed by atoms with van der Waals surface area (Å²) < 4.78 is 9.86. The van der Waals surface area contributed by atoms with E-state index in [9.17, 15) is 5.11 Å². The number of aliphatic hydroxyl groups excluding tert-OH is 1. The van der Waals surface area contributed by atoms with Crippen molar-refractivity contribution in [2.45, 2.75) is 33.1 Å². The van der Waals surface area contributed by atoms with Gasteiger partial charge in [-0.15, -0.1) is 24.0 Å². The zero-order valence-electron chi connectivity index (χ0n) is 16.9. The Bertz CT molecular complexity index is 615. The van der Waals surface area contributed by atoms with E-state index in [1.807, 2.05) is 0 Å². The van der Waals surface area contributed by atoms with E-state index in [2.05, 4.69) is 38.3 Å². The summed E-state index contributed by atoms with van der Waals surface area (Å²) in [6, 6.07) is 0. The van der Waals surface area contributed by atoms with Gasteiger partial charge in [-0.3, -0.25) is 4.99 Å². The zero-order chi connectivity index (χ0) is 19.1. The van der Waals surface area contributed by atoms with Crippen LogP contribution in [0.1, 0.15) is 32.5 Å². The highest BCUT2D eigenvalue weighted by Gasteiger charge is 2.32. The van der Waals surface area contributed by atoms with E-state index in [-0.39, 0.29) is 36.0 Å². The molecule has 2 saturated heterocycles. The van der Waals surface area contributed by atoms with Gasteiger partial charge in [-0.1, -0.05) is 6.92 Å². The fourth-order valence-electron chi connectivity index (χ4n) is 3.47. The summed E-state index contributed by atoms with van der Waals surface area (Å²) in [5.41, 5.74) is -0.135. The molecule has 0 bridgehead atoms. The molecule has 2 N–H and O–H groups in total. The minimum Gasteiger partial charge on any atom is -0.396 e. The Hall–Kier alpha value is -0.720. The first kappa shape index (κ1) is 23.6. The highest BCUT2D eigenvalue weighted by Crippen LogP contribution is 2.30. The monoisotopic (exact) mass is 524 g/mol. The molecular formula is C18H33IN6O2S. The predicted octanol–water partition coefficient (Wildman–Crippen LogP) is 1.60. The number of rotatable bonds is 6. The lowest BCUT2D eigenvalue weighted by Gasteiger charge is -2.37.